The van der Waals surface area contributed by atoms with Gasteiger partial charge in [0.05, 0.1) is 26.4 Å². The van der Waals surface area contributed by atoms with Gasteiger partial charge < -0.3 is 33.8 Å². The third-order valence-electron chi connectivity index (χ3n) is 17.8. The molecule has 0 spiro atoms. The Morgan fingerprint density at radius 2 is 0.484 bits per heavy atom. The van der Waals surface area contributed by atoms with Crippen LogP contribution in [0.15, 0.2) is 0 Å². The minimum Gasteiger partial charge on any atom is -0.462 e. The van der Waals surface area contributed by atoms with Crippen LogP contribution in [0.5, 0.6) is 0 Å². The highest BCUT2D eigenvalue weighted by Gasteiger charge is 2.30. The number of carbonyl (C=O) groups is 4. The quantitative estimate of drug-likeness (QED) is 0.0222. The smallest absolute Gasteiger partial charge is 0.462 e. The molecule has 0 aliphatic rings. The van der Waals surface area contributed by atoms with Crippen LogP contribution in [0.25, 0.3) is 0 Å². The van der Waals surface area contributed by atoms with Gasteiger partial charge in [0.25, 0.3) is 0 Å². The van der Waals surface area contributed by atoms with Gasteiger partial charge in [0, 0.05) is 25.7 Å². The molecule has 0 bridgehead atoms. The van der Waals surface area contributed by atoms with E-state index in [-0.39, 0.29) is 25.7 Å². The van der Waals surface area contributed by atoms with Gasteiger partial charge in [0.15, 0.2) is 12.2 Å². The maximum Gasteiger partial charge on any atom is 0.472 e. The highest BCUT2D eigenvalue weighted by molar-refractivity contribution is 7.47. The van der Waals surface area contributed by atoms with E-state index in [4.69, 9.17) is 37.0 Å². The van der Waals surface area contributed by atoms with Crippen molar-refractivity contribution in [2.45, 2.75) is 419 Å². The van der Waals surface area contributed by atoms with Crippen LogP contribution in [0.4, 0.5) is 0 Å². The molecule has 0 heterocycles. The van der Waals surface area contributed by atoms with Crippen LogP contribution in [0.1, 0.15) is 401 Å². The molecule has 2 unspecified atom stereocenters. The summed E-state index contributed by atoms with van der Waals surface area (Å²) in [6, 6.07) is 0. The zero-order chi connectivity index (χ0) is 69.8. The summed E-state index contributed by atoms with van der Waals surface area (Å²) in [5.74, 6) is -1.40. The zero-order valence-electron chi connectivity index (χ0n) is 61.8. The zero-order valence-corrected chi connectivity index (χ0v) is 63.6. The second kappa shape index (κ2) is 69.2. The van der Waals surface area contributed by atoms with Gasteiger partial charge in [-0.15, -0.1) is 0 Å². The molecule has 0 aliphatic carbocycles. The second-order valence-electron chi connectivity index (χ2n) is 27.9. The molecule has 0 aromatic rings. The summed E-state index contributed by atoms with van der Waals surface area (Å²) in [7, 11) is -9.91. The first-order valence-corrected chi connectivity index (χ1v) is 42.6. The molecular formula is C76H148O17P2. The van der Waals surface area contributed by atoms with E-state index in [1.807, 2.05) is 0 Å². The van der Waals surface area contributed by atoms with Gasteiger partial charge in [-0.25, -0.2) is 9.13 Å². The summed E-state index contributed by atoms with van der Waals surface area (Å²) in [6.07, 6.45) is 58.3. The van der Waals surface area contributed by atoms with Gasteiger partial charge in [-0.2, -0.15) is 0 Å². The number of ether oxygens (including phenoxy) is 4. The van der Waals surface area contributed by atoms with Crippen molar-refractivity contribution in [1.29, 1.82) is 0 Å². The lowest BCUT2D eigenvalue weighted by molar-refractivity contribution is -0.161. The summed E-state index contributed by atoms with van der Waals surface area (Å²) < 4.78 is 68.5. The number of esters is 4. The lowest BCUT2D eigenvalue weighted by atomic mass is 10.0. The van der Waals surface area contributed by atoms with E-state index in [1.165, 1.54) is 225 Å². The molecule has 0 amide bonds. The lowest BCUT2D eigenvalue weighted by Crippen LogP contribution is -2.30. The van der Waals surface area contributed by atoms with Crippen LogP contribution in [0, 0.1) is 5.92 Å². The fourth-order valence-corrected chi connectivity index (χ4v) is 13.3. The minimum absolute atomic E-state index is 0.105. The normalized spacial score (nSPS) is 13.9. The fourth-order valence-electron chi connectivity index (χ4n) is 11.7. The summed E-state index contributed by atoms with van der Waals surface area (Å²) in [6.45, 7) is 7.25. The Balaban J connectivity index is 5.22. The predicted octanol–water partition coefficient (Wildman–Crippen LogP) is 22.5. The van der Waals surface area contributed by atoms with E-state index in [0.717, 1.165) is 95.8 Å². The van der Waals surface area contributed by atoms with Gasteiger partial charge in [-0.05, 0) is 31.6 Å². The Kier molecular flexibility index (Phi) is 67.7. The standard InChI is InChI=1S/C76H148O17P2/c1-6-9-12-15-18-21-24-26-28-30-32-34-36-39-45-50-55-60-74(79)87-65-71(92-75(80)61-56-51-46-40-37-35-33-31-29-27-25-22-19-16-13-10-7-2)67-90-94(82,83)88-63-70(77)64-89-95(84,85)91-68-72(66-86-73(78)59-54-49-44-38-23-20-17-14-11-8-3)93-76(81)62-57-52-47-42-41-43-48-53-58-69(4)5/h69-72,77H,6-68H2,1-5H3,(H,82,83)(H,84,85)/t70-,71-,72-/m1/s1. The van der Waals surface area contributed by atoms with Crippen LogP contribution >= 0.6 is 15.6 Å². The van der Waals surface area contributed by atoms with Gasteiger partial charge >= 0.3 is 39.5 Å². The number of aliphatic hydroxyl groups is 1. The number of carbonyl (C=O) groups excluding carboxylic acids is 4. The van der Waals surface area contributed by atoms with E-state index in [2.05, 4.69) is 34.6 Å². The Labute approximate surface area is 581 Å². The maximum absolute atomic E-state index is 13.1. The topological polar surface area (TPSA) is 237 Å². The van der Waals surface area contributed by atoms with E-state index in [0.29, 0.717) is 25.7 Å². The number of hydrogen-bond acceptors (Lipinski definition) is 15. The fraction of sp³-hybridized carbons (Fsp3) is 0.947. The van der Waals surface area contributed by atoms with Crippen LogP contribution in [0.2, 0.25) is 0 Å². The molecule has 0 aromatic carbocycles. The average molecular weight is 1400 g/mol. The largest absolute Gasteiger partial charge is 0.472 e. The number of phosphoric acid groups is 2. The number of phosphoric ester groups is 2. The van der Waals surface area contributed by atoms with E-state index in [1.54, 1.807) is 0 Å². The number of hydrogen-bond donors (Lipinski definition) is 3. The molecule has 0 aliphatic heterocycles. The van der Waals surface area contributed by atoms with Crippen molar-refractivity contribution in [2.75, 3.05) is 39.6 Å². The van der Waals surface area contributed by atoms with Crippen molar-refractivity contribution in [3.05, 3.63) is 0 Å². The maximum atomic E-state index is 13.1. The average Bonchev–Trinajstić information content (AvgIpc) is 2.22. The van der Waals surface area contributed by atoms with Gasteiger partial charge in [-0.1, -0.05) is 349 Å². The summed E-state index contributed by atoms with van der Waals surface area (Å²) in [5.41, 5.74) is 0. The molecule has 0 radical (unpaired) electrons. The highest BCUT2D eigenvalue weighted by atomic mass is 31.2. The molecule has 5 atom stereocenters. The molecule has 0 fully saturated rings. The first-order valence-electron chi connectivity index (χ1n) is 39.6. The van der Waals surface area contributed by atoms with Crippen molar-refractivity contribution < 1.29 is 80.2 Å². The Hall–Kier alpha value is -1.94. The van der Waals surface area contributed by atoms with Crippen LogP contribution < -0.4 is 0 Å². The van der Waals surface area contributed by atoms with E-state index < -0.39 is 97.5 Å². The van der Waals surface area contributed by atoms with Gasteiger partial charge in [0.2, 0.25) is 0 Å². The molecular weight excluding hydrogens is 1250 g/mol. The third kappa shape index (κ3) is 70.3. The van der Waals surface area contributed by atoms with Gasteiger partial charge in [0.1, 0.15) is 19.3 Å². The van der Waals surface area contributed by atoms with E-state index >= 15 is 0 Å². The summed E-state index contributed by atoms with van der Waals surface area (Å²) >= 11 is 0. The highest BCUT2D eigenvalue weighted by Crippen LogP contribution is 2.45. The molecule has 19 heteroatoms. The Bertz CT molecular complexity index is 1820. The summed E-state index contributed by atoms with van der Waals surface area (Å²) in [5, 5.41) is 10.6. The first kappa shape index (κ1) is 93.1. The molecule has 17 nitrogen and oxygen atoms in total. The molecule has 0 saturated carbocycles. The van der Waals surface area contributed by atoms with Crippen molar-refractivity contribution in [2.24, 2.45) is 5.92 Å². The molecule has 564 valence electrons. The van der Waals surface area contributed by atoms with Crippen LogP contribution in [-0.4, -0.2) is 96.7 Å². The third-order valence-corrected chi connectivity index (χ3v) is 19.7. The van der Waals surface area contributed by atoms with Crippen LogP contribution in [-0.2, 0) is 65.4 Å². The Morgan fingerprint density at radius 1 is 0.284 bits per heavy atom. The molecule has 0 saturated heterocycles. The predicted molar refractivity (Wildman–Crippen MR) is 386 cm³/mol. The number of aliphatic hydroxyl groups excluding tert-OH is 1. The lowest BCUT2D eigenvalue weighted by Gasteiger charge is -2.21. The van der Waals surface area contributed by atoms with Crippen molar-refractivity contribution in [1.82, 2.24) is 0 Å². The monoisotopic (exact) mass is 1400 g/mol. The van der Waals surface area contributed by atoms with E-state index in [9.17, 15) is 43.2 Å². The molecule has 3 N–H and O–H groups in total. The van der Waals surface area contributed by atoms with Gasteiger partial charge in [-0.3, -0.25) is 37.3 Å². The van der Waals surface area contributed by atoms with Crippen molar-refractivity contribution in [3.8, 4) is 0 Å². The molecule has 95 heavy (non-hydrogen) atoms. The Morgan fingerprint density at radius 3 is 0.716 bits per heavy atom. The van der Waals surface area contributed by atoms with Crippen molar-refractivity contribution >= 4 is 39.5 Å². The van der Waals surface area contributed by atoms with Crippen LogP contribution in [0.3, 0.4) is 0 Å². The SMILES string of the molecule is CCCCCCCCCCCCCCCCCCCC(=O)OC[C@H](COP(=O)(O)OC[C@@H](O)COP(=O)(O)OC[C@@H](COC(=O)CCCCCCCCCCCC)OC(=O)CCCCCCCCCCC(C)C)OC(=O)CCCCCCCCCCCCCCCCCCC. The summed E-state index contributed by atoms with van der Waals surface area (Å²) in [4.78, 5) is 72.8. The van der Waals surface area contributed by atoms with Crippen molar-refractivity contribution in [3.63, 3.8) is 0 Å². The number of unbranched alkanes of at least 4 members (excludes halogenated alkanes) is 48. The first-order chi connectivity index (χ1) is 46.0. The second-order valence-corrected chi connectivity index (χ2v) is 30.8. The number of rotatable bonds is 76. The minimum atomic E-state index is -4.96. The molecule has 0 aromatic heterocycles. The molecule has 0 rings (SSSR count).